The number of hydrogen-bond acceptors (Lipinski definition) is 1. The maximum absolute atomic E-state index is 8.63. The Bertz CT molecular complexity index is 427. The van der Waals surface area contributed by atoms with E-state index in [0.29, 0.717) is 5.75 Å². The first-order valence-corrected chi connectivity index (χ1v) is 12.6. The molecular formula is C16H21Cl2OZr-. The summed E-state index contributed by atoms with van der Waals surface area (Å²) in [5, 5.41) is 8.63. The van der Waals surface area contributed by atoms with Crippen molar-refractivity contribution in [2.24, 2.45) is 0 Å². The summed E-state index contributed by atoms with van der Waals surface area (Å²) in [4.78, 5) is 0. The van der Waals surface area contributed by atoms with Crippen LogP contribution in [0, 0.1) is 34.6 Å². The second-order valence-corrected chi connectivity index (χ2v) is 8.26. The van der Waals surface area contributed by atoms with Crippen molar-refractivity contribution < 1.29 is 26.0 Å². The number of phenols is 1. The number of para-hydroxylation sites is 1. The fourth-order valence-electron chi connectivity index (χ4n) is 1.83. The fourth-order valence-corrected chi connectivity index (χ4v) is 1.83. The first-order valence-electron chi connectivity index (χ1n) is 6.26. The van der Waals surface area contributed by atoms with Gasteiger partial charge >= 0.3 is 37.9 Å². The summed E-state index contributed by atoms with van der Waals surface area (Å²) in [5.74, 6) is 0.322. The van der Waals surface area contributed by atoms with Crippen molar-refractivity contribution >= 4 is 17.0 Å². The van der Waals surface area contributed by atoms with Gasteiger partial charge in [-0.05, 0) is 12.1 Å². The molecular weight excluding hydrogens is 370 g/mol. The second-order valence-electron chi connectivity index (χ2n) is 4.53. The standard InChI is InChI=1S/C10H15.C6H6O.2ClH.Zr/c1-6-7(2)9(4)10(5)8(6)3;7-6-4-2-1-3-5-6;;;/h1-5H3;1-5,7H;2*1H;/q-1;;;;+2/p-2. The molecule has 0 amide bonds. The van der Waals surface area contributed by atoms with Crippen LogP contribution >= 0.6 is 17.0 Å². The summed E-state index contributed by atoms with van der Waals surface area (Å²) in [6.07, 6.45) is 0. The molecule has 110 valence electrons. The van der Waals surface area contributed by atoms with Gasteiger partial charge in [0.2, 0.25) is 0 Å². The molecule has 1 nitrogen and oxygen atoms in total. The molecule has 1 N–H and O–H groups in total. The van der Waals surface area contributed by atoms with E-state index in [9.17, 15) is 0 Å². The van der Waals surface area contributed by atoms with Crippen LogP contribution in [0.3, 0.4) is 0 Å². The predicted molar refractivity (Wildman–Crippen MR) is 85.5 cm³/mol. The Morgan fingerprint density at radius 2 is 1.25 bits per heavy atom. The van der Waals surface area contributed by atoms with Crippen LogP contribution in [0.25, 0.3) is 0 Å². The van der Waals surface area contributed by atoms with E-state index in [-0.39, 0.29) is 0 Å². The summed E-state index contributed by atoms with van der Waals surface area (Å²) in [5.41, 5.74) is 7.34. The quantitative estimate of drug-likeness (QED) is 0.570. The predicted octanol–water partition coefficient (Wildman–Crippen LogP) is 5.72. The zero-order valence-electron chi connectivity index (χ0n) is 12.6. The molecule has 4 heteroatoms. The van der Waals surface area contributed by atoms with E-state index >= 15 is 0 Å². The van der Waals surface area contributed by atoms with Crippen LogP contribution in [0.4, 0.5) is 0 Å². The van der Waals surface area contributed by atoms with Gasteiger partial charge in [0.1, 0.15) is 5.75 Å². The number of benzene rings is 1. The molecule has 0 saturated carbocycles. The van der Waals surface area contributed by atoms with Gasteiger partial charge in [0.25, 0.3) is 0 Å². The first-order chi connectivity index (χ1) is 9.36. The topological polar surface area (TPSA) is 20.2 Å². The van der Waals surface area contributed by atoms with E-state index in [0.717, 1.165) is 0 Å². The van der Waals surface area contributed by atoms with Crippen LogP contribution in [-0.4, -0.2) is 5.11 Å². The third-order valence-corrected chi connectivity index (χ3v) is 3.57. The molecule has 0 aliphatic carbocycles. The van der Waals surface area contributed by atoms with Crippen molar-refractivity contribution in [1.29, 1.82) is 0 Å². The molecule has 0 unspecified atom stereocenters. The Balaban J connectivity index is 0.000000315. The van der Waals surface area contributed by atoms with Crippen LogP contribution in [0.15, 0.2) is 30.3 Å². The Hall–Kier alpha value is -0.167. The van der Waals surface area contributed by atoms with Gasteiger partial charge in [0, 0.05) is 0 Å². The molecule has 0 saturated heterocycles. The summed E-state index contributed by atoms with van der Waals surface area (Å²) < 4.78 is 0. The summed E-state index contributed by atoms with van der Waals surface area (Å²) in [6, 6.07) is 8.71. The zero-order chi connectivity index (χ0) is 15.7. The minimum absolute atomic E-state index is 0.322. The SMILES string of the molecule is Cc1c(C)c(C)[c-](C)c1C.Oc1ccccc1.[Cl][Zr][Cl]. The van der Waals surface area contributed by atoms with E-state index in [1.165, 1.54) is 27.8 Å². The van der Waals surface area contributed by atoms with Gasteiger partial charge in [-0.1, -0.05) is 52.8 Å². The summed E-state index contributed by atoms with van der Waals surface area (Å²) in [7, 11) is 9.87. The van der Waals surface area contributed by atoms with Gasteiger partial charge in [-0.15, -0.1) is 0 Å². The van der Waals surface area contributed by atoms with Crippen molar-refractivity contribution in [3.63, 3.8) is 0 Å². The van der Waals surface area contributed by atoms with E-state index in [4.69, 9.17) is 22.1 Å². The molecule has 2 aromatic rings. The van der Waals surface area contributed by atoms with E-state index in [2.05, 4.69) is 34.6 Å². The van der Waals surface area contributed by atoms with Gasteiger partial charge in [-0.25, -0.2) is 0 Å². The van der Waals surface area contributed by atoms with Gasteiger partial charge in [0.15, 0.2) is 0 Å². The minimum atomic E-state index is -0.826. The van der Waals surface area contributed by atoms with Crippen LogP contribution < -0.4 is 0 Å². The normalized spacial score (nSPS) is 8.95. The van der Waals surface area contributed by atoms with Crippen LogP contribution in [0.1, 0.15) is 27.8 Å². The van der Waals surface area contributed by atoms with E-state index in [1.54, 1.807) is 24.3 Å². The molecule has 0 aliphatic heterocycles. The molecule has 0 aliphatic rings. The number of rotatable bonds is 0. The molecule has 2 rings (SSSR count). The Morgan fingerprint density at radius 3 is 1.40 bits per heavy atom. The monoisotopic (exact) mass is 389 g/mol. The molecule has 0 atom stereocenters. The number of hydrogen-bond donors (Lipinski definition) is 1. The van der Waals surface area contributed by atoms with Gasteiger partial charge in [-0.2, -0.15) is 27.8 Å². The Kier molecular flexibility index (Phi) is 10.5. The van der Waals surface area contributed by atoms with E-state index < -0.39 is 20.8 Å². The van der Waals surface area contributed by atoms with E-state index in [1.807, 2.05) is 6.07 Å². The van der Waals surface area contributed by atoms with Crippen molar-refractivity contribution in [2.45, 2.75) is 34.6 Å². The maximum atomic E-state index is 8.63. The number of halogens is 2. The molecule has 0 radical (unpaired) electrons. The molecule has 2 aromatic carbocycles. The van der Waals surface area contributed by atoms with Crippen molar-refractivity contribution in [1.82, 2.24) is 0 Å². The summed E-state index contributed by atoms with van der Waals surface area (Å²) in [6.45, 7) is 11.0. The van der Waals surface area contributed by atoms with Crippen molar-refractivity contribution in [3.8, 4) is 5.75 Å². The van der Waals surface area contributed by atoms with Crippen LogP contribution in [0.2, 0.25) is 0 Å². The molecule has 20 heavy (non-hydrogen) atoms. The van der Waals surface area contributed by atoms with Crippen molar-refractivity contribution in [2.75, 3.05) is 0 Å². The average Bonchev–Trinajstić information content (AvgIpc) is 2.60. The summed E-state index contributed by atoms with van der Waals surface area (Å²) >= 11 is -0.826. The Morgan fingerprint density at radius 1 is 0.900 bits per heavy atom. The second kappa shape index (κ2) is 10.5. The molecule has 0 bridgehead atoms. The Labute approximate surface area is 141 Å². The average molecular weight is 391 g/mol. The molecule has 0 fully saturated rings. The van der Waals surface area contributed by atoms with Gasteiger partial charge < -0.3 is 5.11 Å². The van der Waals surface area contributed by atoms with Crippen LogP contribution in [0.5, 0.6) is 5.75 Å². The fraction of sp³-hybridized carbons (Fsp3) is 0.312. The molecule has 0 heterocycles. The molecule has 0 aromatic heterocycles. The number of aromatic hydroxyl groups is 1. The van der Waals surface area contributed by atoms with Crippen molar-refractivity contribution in [3.05, 3.63) is 58.1 Å². The van der Waals surface area contributed by atoms with Gasteiger partial charge in [-0.3, -0.25) is 0 Å². The third-order valence-electron chi connectivity index (χ3n) is 3.57. The van der Waals surface area contributed by atoms with Crippen LogP contribution in [-0.2, 0) is 20.8 Å². The third kappa shape index (κ3) is 6.52. The molecule has 0 spiro atoms. The zero-order valence-corrected chi connectivity index (χ0v) is 16.6. The number of phenolic OH excluding ortho intramolecular Hbond substituents is 1. The van der Waals surface area contributed by atoms with Gasteiger partial charge in [0.05, 0.1) is 0 Å². The first kappa shape index (κ1) is 19.8.